The zero-order valence-corrected chi connectivity index (χ0v) is 9.01. The van der Waals surface area contributed by atoms with Crippen molar-refractivity contribution in [2.75, 3.05) is 0 Å². The van der Waals surface area contributed by atoms with Crippen LogP contribution in [0.4, 0.5) is 0 Å². The smallest absolute Gasteiger partial charge is 0.0143 e. The van der Waals surface area contributed by atoms with Crippen molar-refractivity contribution in [3.8, 4) is 0 Å². The first-order chi connectivity index (χ1) is 4.18. The van der Waals surface area contributed by atoms with Crippen LogP contribution in [0.3, 0.4) is 0 Å². The van der Waals surface area contributed by atoms with Crippen molar-refractivity contribution >= 4 is 45.2 Å². The molecule has 47 valence electrons. The van der Waals surface area contributed by atoms with Gasteiger partial charge < -0.3 is 0 Å². The molecule has 0 nitrogen and oxygen atoms in total. The normalized spacial score (nSPS) is 9.67. The van der Waals surface area contributed by atoms with Crippen LogP contribution >= 0.6 is 45.2 Å². The first-order valence-electron chi connectivity index (χ1n) is 2.46. The zero-order valence-electron chi connectivity index (χ0n) is 4.70. The average Bonchev–Trinajstić information content (AvgIpc) is 1.59. The molecule has 0 bridgehead atoms. The number of hydrogen-bond donors (Lipinski definition) is 0. The summed E-state index contributed by atoms with van der Waals surface area (Å²) in [6.07, 6.45) is 0. The maximum Gasteiger partial charge on any atom is 0.0143 e. The number of halogens is 2. The Bertz CT molecular complexity index is 168. The summed E-state index contributed by atoms with van der Waals surface area (Å²) in [5.41, 5.74) is 1.09. The molecule has 0 unspecified atom stereocenters. The molecule has 1 rings (SSSR count). The fourth-order valence-corrected chi connectivity index (χ4v) is 2.68. The molecule has 9 heavy (non-hydrogen) atoms. The van der Waals surface area contributed by atoms with Gasteiger partial charge in [0, 0.05) is 7.14 Å². The number of hydrogen-bond acceptors (Lipinski definition) is 0. The Balaban J connectivity index is 3.17. The van der Waals surface area contributed by atoms with Crippen LogP contribution in [0.2, 0.25) is 0 Å². The van der Waals surface area contributed by atoms with E-state index in [0.717, 1.165) is 5.56 Å². The summed E-state index contributed by atoms with van der Waals surface area (Å²) in [5.74, 6) is 0. The zero-order chi connectivity index (χ0) is 6.85. The van der Waals surface area contributed by atoms with E-state index in [1.54, 1.807) is 0 Å². The maximum absolute atomic E-state index is 3.83. The summed E-state index contributed by atoms with van der Waals surface area (Å²) in [6.45, 7) is 3.83. The highest BCUT2D eigenvalue weighted by atomic mass is 127. The molecule has 0 spiro atoms. The fraction of sp³-hybridized carbons (Fsp3) is 0. The Labute approximate surface area is 82.3 Å². The monoisotopic (exact) mass is 343 g/mol. The van der Waals surface area contributed by atoms with E-state index in [1.165, 1.54) is 7.14 Å². The number of rotatable bonds is 0. The van der Waals surface area contributed by atoms with Crippen LogP contribution in [0.15, 0.2) is 18.2 Å². The van der Waals surface area contributed by atoms with Crippen LogP contribution in [0.25, 0.3) is 0 Å². The summed E-state index contributed by atoms with van der Waals surface area (Å²) in [7, 11) is 0. The van der Waals surface area contributed by atoms with Gasteiger partial charge in [0.25, 0.3) is 0 Å². The summed E-state index contributed by atoms with van der Waals surface area (Å²) < 4.78 is 2.51. The Kier molecular flexibility index (Phi) is 2.75. The summed E-state index contributed by atoms with van der Waals surface area (Å²) >= 11 is 4.57. The van der Waals surface area contributed by atoms with E-state index in [9.17, 15) is 0 Å². The minimum Gasteiger partial charge on any atom is -0.0456 e. The second kappa shape index (κ2) is 3.18. The Hall–Kier alpha value is 0.680. The lowest BCUT2D eigenvalue weighted by Gasteiger charge is -1.94. The summed E-state index contributed by atoms with van der Waals surface area (Å²) in [4.78, 5) is 0. The van der Waals surface area contributed by atoms with E-state index < -0.39 is 0 Å². The van der Waals surface area contributed by atoms with E-state index in [2.05, 4.69) is 70.3 Å². The molecule has 0 aliphatic rings. The molecule has 0 atom stereocenters. The van der Waals surface area contributed by atoms with Gasteiger partial charge in [0.2, 0.25) is 0 Å². The molecule has 0 amide bonds. The predicted molar refractivity (Wildman–Crippen MR) is 56.3 cm³/mol. The van der Waals surface area contributed by atoms with Crippen molar-refractivity contribution in [2.24, 2.45) is 0 Å². The van der Waals surface area contributed by atoms with Crippen molar-refractivity contribution in [3.05, 3.63) is 37.8 Å². The van der Waals surface area contributed by atoms with Crippen molar-refractivity contribution in [1.29, 1.82) is 0 Å². The largest absolute Gasteiger partial charge is 0.0456 e. The molecule has 0 fully saturated rings. The van der Waals surface area contributed by atoms with E-state index >= 15 is 0 Å². The van der Waals surface area contributed by atoms with Crippen molar-refractivity contribution in [3.63, 3.8) is 0 Å². The quantitative estimate of drug-likeness (QED) is 0.636. The van der Waals surface area contributed by atoms with E-state index in [0.29, 0.717) is 0 Å². The summed E-state index contributed by atoms with van der Waals surface area (Å²) in [5, 5.41) is 0. The third-order valence-electron chi connectivity index (χ3n) is 0.922. The van der Waals surface area contributed by atoms with E-state index in [-0.39, 0.29) is 0 Å². The molecule has 1 aromatic carbocycles. The topological polar surface area (TPSA) is 0 Å². The molecular weight excluding hydrogens is 338 g/mol. The van der Waals surface area contributed by atoms with Gasteiger partial charge in [0.1, 0.15) is 0 Å². The lowest BCUT2D eigenvalue weighted by molar-refractivity contribution is 1.53. The van der Waals surface area contributed by atoms with Gasteiger partial charge in [-0.1, -0.05) is 0 Å². The molecular formula is C7H5I2. The second-order valence-electron chi connectivity index (χ2n) is 1.78. The van der Waals surface area contributed by atoms with Crippen molar-refractivity contribution in [1.82, 2.24) is 0 Å². The standard InChI is InChI=1S/C7H5I2/c1-5-2-6(8)4-7(9)3-5/h2-4H,1H2. The number of benzene rings is 1. The van der Waals surface area contributed by atoms with Crippen LogP contribution in [-0.4, -0.2) is 0 Å². The highest BCUT2D eigenvalue weighted by Crippen LogP contribution is 2.12. The predicted octanol–water partition coefficient (Wildman–Crippen LogP) is 3.08. The van der Waals surface area contributed by atoms with Gasteiger partial charge in [0.15, 0.2) is 0 Å². The third kappa shape index (κ3) is 2.41. The Morgan fingerprint density at radius 2 is 1.44 bits per heavy atom. The average molecular weight is 343 g/mol. The van der Waals surface area contributed by atoms with E-state index in [1.807, 2.05) is 0 Å². The molecule has 0 saturated heterocycles. The van der Waals surface area contributed by atoms with Gasteiger partial charge in [0.05, 0.1) is 0 Å². The second-order valence-corrected chi connectivity index (χ2v) is 4.27. The highest BCUT2D eigenvalue weighted by molar-refractivity contribution is 14.1. The third-order valence-corrected chi connectivity index (χ3v) is 2.17. The van der Waals surface area contributed by atoms with Gasteiger partial charge in [-0.15, -0.1) is 0 Å². The van der Waals surface area contributed by atoms with Crippen LogP contribution in [0.5, 0.6) is 0 Å². The van der Waals surface area contributed by atoms with Crippen LogP contribution in [0, 0.1) is 14.1 Å². The van der Waals surface area contributed by atoms with Gasteiger partial charge in [-0.3, -0.25) is 0 Å². The molecule has 1 aromatic rings. The van der Waals surface area contributed by atoms with Gasteiger partial charge in [-0.05, 0) is 75.9 Å². The lowest BCUT2D eigenvalue weighted by atomic mass is 10.2. The molecule has 0 N–H and O–H groups in total. The van der Waals surface area contributed by atoms with Gasteiger partial charge >= 0.3 is 0 Å². The van der Waals surface area contributed by atoms with Gasteiger partial charge in [-0.25, -0.2) is 0 Å². The van der Waals surface area contributed by atoms with Crippen molar-refractivity contribution < 1.29 is 0 Å². The first kappa shape index (κ1) is 7.78. The SMILES string of the molecule is [CH2]c1cc(I)cc(I)c1. The Morgan fingerprint density at radius 3 is 1.78 bits per heavy atom. The van der Waals surface area contributed by atoms with Crippen LogP contribution in [-0.2, 0) is 0 Å². The lowest BCUT2D eigenvalue weighted by Crippen LogP contribution is -1.77. The molecule has 0 aliphatic heterocycles. The molecule has 2 heteroatoms. The van der Waals surface area contributed by atoms with Crippen molar-refractivity contribution in [2.45, 2.75) is 0 Å². The van der Waals surface area contributed by atoms with E-state index in [4.69, 9.17) is 0 Å². The maximum atomic E-state index is 3.83. The van der Waals surface area contributed by atoms with Crippen LogP contribution in [0.1, 0.15) is 5.56 Å². The minimum absolute atomic E-state index is 1.09. The minimum atomic E-state index is 1.09. The molecule has 1 radical (unpaired) electrons. The van der Waals surface area contributed by atoms with Crippen LogP contribution < -0.4 is 0 Å². The Morgan fingerprint density at radius 1 is 1.00 bits per heavy atom. The fourth-order valence-electron chi connectivity index (χ4n) is 0.611. The molecule has 0 aliphatic carbocycles. The highest BCUT2D eigenvalue weighted by Gasteiger charge is 1.90. The summed E-state index contributed by atoms with van der Waals surface area (Å²) in [6, 6.07) is 6.24. The molecule has 0 heterocycles. The molecule has 0 aromatic heterocycles. The molecule has 0 saturated carbocycles. The van der Waals surface area contributed by atoms with Gasteiger partial charge in [-0.2, -0.15) is 0 Å². The first-order valence-corrected chi connectivity index (χ1v) is 4.62.